The zero-order valence-corrected chi connectivity index (χ0v) is 16.5. The lowest BCUT2D eigenvalue weighted by molar-refractivity contribution is 0.0455. The second kappa shape index (κ2) is 7.63. The predicted molar refractivity (Wildman–Crippen MR) is 106 cm³/mol. The van der Waals surface area contributed by atoms with Crippen LogP contribution in [0.3, 0.4) is 0 Å². The fourth-order valence-corrected chi connectivity index (χ4v) is 4.82. The number of aromatic amines is 1. The van der Waals surface area contributed by atoms with Crippen LogP contribution in [0.2, 0.25) is 0 Å². The van der Waals surface area contributed by atoms with Gasteiger partial charge < -0.3 is 19.2 Å². The molecule has 146 valence electrons. The Balaban J connectivity index is 1.60. The Kier molecular flexibility index (Phi) is 5.04. The van der Waals surface area contributed by atoms with Crippen LogP contribution in [-0.2, 0) is 24.2 Å². The largest absolute Gasteiger partial charge is 0.496 e. The van der Waals surface area contributed by atoms with Crippen molar-refractivity contribution in [1.29, 1.82) is 0 Å². The third-order valence-electron chi connectivity index (χ3n) is 4.85. The van der Waals surface area contributed by atoms with E-state index < -0.39 is 5.97 Å². The van der Waals surface area contributed by atoms with Crippen molar-refractivity contribution in [3.63, 3.8) is 0 Å². The van der Waals surface area contributed by atoms with Crippen LogP contribution in [0.15, 0.2) is 23.0 Å². The number of thiophene rings is 1. The standard InChI is InChI=1S/C20H20N2O5S/c1-25-12-7-5-8-13(26-2)17(12)20(24)27-10-15-21-18(23)16-11-6-3-4-9-14(11)28-19(16)22-15/h5,7-8H,3-4,6,9-10H2,1-2H3,(H,21,22,23). The normalized spacial score (nSPS) is 13.2. The van der Waals surface area contributed by atoms with E-state index in [4.69, 9.17) is 14.2 Å². The number of ether oxygens (including phenoxy) is 3. The molecule has 7 nitrogen and oxygen atoms in total. The molecule has 1 N–H and O–H groups in total. The van der Waals surface area contributed by atoms with Crippen LogP contribution in [0.4, 0.5) is 0 Å². The van der Waals surface area contributed by atoms with Crippen molar-refractivity contribution in [1.82, 2.24) is 9.97 Å². The van der Waals surface area contributed by atoms with Crippen LogP contribution in [0.1, 0.15) is 39.5 Å². The molecule has 0 spiro atoms. The van der Waals surface area contributed by atoms with Crippen molar-refractivity contribution in [2.24, 2.45) is 0 Å². The maximum absolute atomic E-state index is 12.6. The van der Waals surface area contributed by atoms with E-state index in [1.54, 1.807) is 29.5 Å². The molecule has 0 atom stereocenters. The van der Waals surface area contributed by atoms with Gasteiger partial charge in [-0.05, 0) is 43.4 Å². The quantitative estimate of drug-likeness (QED) is 0.661. The number of carbonyl (C=O) groups is 1. The molecule has 0 amide bonds. The molecule has 0 saturated carbocycles. The van der Waals surface area contributed by atoms with E-state index in [1.165, 1.54) is 19.1 Å². The van der Waals surface area contributed by atoms with Gasteiger partial charge in [0.2, 0.25) is 0 Å². The lowest BCUT2D eigenvalue weighted by Crippen LogP contribution is -2.15. The van der Waals surface area contributed by atoms with Crippen LogP contribution < -0.4 is 15.0 Å². The minimum atomic E-state index is -0.609. The Morgan fingerprint density at radius 3 is 2.61 bits per heavy atom. The van der Waals surface area contributed by atoms with E-state index in [1.807, 2.05) is 0 Å². The van der Waals surface area contributed by atoms with Crippen molar-refractivity contribution >= 4 is 27.5 Å². The molecule has 2 heterocycles. The number of esters is 1. The molecule has 0 fully saturated rings. The van der Waals surface area contributed by atoms with Gasteiger partial charge in [0, 0.05) is 4.88 Å². The number of aryl methyl sites for hydroxylation is 2. The number of benzene rings is 1. The van der Waals surface area contributed by atoms with E-state index in [2.05, 4.69) is 9.97 Å². The maximum atomic E-state index is 12.6. The van der Waals surface area contributed by atoms with Gasteiger partial charge in [-0.25, -0.2) is 9.78 Å². The first-order valence-electron chi connectivity index (χ1n) is 9.04. The summed E-state index contributed by atoms with van der Waals surface area (Å²) in [6, 6.07) is 5.03. The van der Waals surface area contributed by atoms with Gasteiger partial charge in [0.25, 0.3) is 5.56 Å². The highest BCUT2D eigenvalue weighted by atomic mass is 32.1. The van der Waals surface area contributed by atoms with Crippen LogP contribution >= 0.6 is 11.3 Å². The van der Waals surface area contributed by atoms with E-state index in [0.29, 0.717) is 27.5 Å². The highest BCUT2D eigenvalue weighted by Gasteiger charge is 2.22. The lowest BCUT2D eigenvalue weighted by Gasteiger charge is -2.12. The summed E-state index contributed by atoms with van der Waals surface area (Å²) < 4.78 is 15.8. The van der Waals surface area contributed by atoms with Crippen molar-refractivity contribution in [3.8, 4) is 11.5 Å². The third-order valence-corrected chi connectivity index (χ3v) is 6.03. The molecule has 3 aromatic rings. The molecule has 1 aliphatic carbocycles. The van der Waals surface area contributed by atoms with Crippen molar-refractivity contribution < 1.29 is 19.0 Å². The van der Waals surface area contributed by atoms with Crippen LogP contribution in [-0.4, -0.2) is 30.2 Å². The molecule has 1 aromatic carbocycles. The second-order valence-corrected chi connectivity index (χ2v) is 7.60. The third kappa shape index (κ3) is 3.24. The molecular formula is C20H20N2O5S. The summed E-state index contributed by atoms with van der Waals surface area (Å²) >= 11 is 1.56. The van der Waals surface area contributed by atoms with Gasteiger partial charge in [0.05, 0.1) is 19.6 Å². The number of hydrogen-bond donors (Lipinski definition) is 1. The van der Waals surface area contributed by atoms with E-state index in [0.717, 1.165) is 31.2 Å². The number of nitrogens with one attached hydrogen (secondary N) is 1. The van der Waals surface area contributed by atoms with Crippen molar-refractivity contribution in [3.05, 3.63) is 50.4 Å². The van der Waals surface area contributed by atoms with E-state index in [9.17, 15) is 9.59 Å². The lowest BCUT2D eigenvalue weighted by atomic mass is 9.97. The van der Waals surface area contributed by atoms with Gasteiger partial charge in [-0.2, -0.15) is 0 Å². The first-order chi connectivity index (χ1) is 13.6. The number of carbonyl (C=O) groups excluding carboxylic acids is 1. The Bertz CT molecular complexity index is 1080. The number of hydrogen-bond acceptors (Lipinski definition) is 7. The fraction of sp³-hybridized carbons (Fsp3) is 0.350. The average molecular weight is 400 g/mol. The smallest absolute Gasteiger partial charge is 0.346 e. The Morgan fingerprint density at radius 2 is 1.89 bits per heavy atom. The number of methoxy groups -OCH3 is 2. The zero-order chi connectivity index (χ0) is 19.7. The van der Waals surface area contributed by atoms with Gasteiger partial charge in [0.1, 0.15) is 34.3 Å². The van der Waals surface area contributed by atoms with Gasteiger partial charge in [0.15, 0.2) is 0 Å². The first kappa shape index (κ1) is 18.5. The second-order valence-electron chi connectivity index (χ2n) is 6.52. The minimum absolute atomic E-state index is 0.145. The Morgan fingerprint density at radius 1 is 1.18 bits per heavy atom. The van der Waals surface area contributed by atoms with Gasteiger partial charge in [-0.15, -0.1) is 11.3 Å². The Hall–Kier alpha value is -2.87. The van der Waals surface area contributed by atoms with E-state index >= 15 is 0 Å². The van der Waals surface area contributed by atoms with Crippen LogP contribution in [0.25, 0.3) is 10.2 Å². The minimum Gasteiger partial charge on any atom is -0.496 e. The summed E-state index contributed by atoms with van der Waals surface area (Å²) in [6.45, 7) is -0.145. The molecule has 28 heavy (non-hydrogen) atoms. The number of rotatable bonds is 5. The molecule has 0 bridgehead atoms. The summed E-state index contributed by atoms with van der Waals surface area (Å²) in [6.07, 6.45) is 4.15. The SMILES string of the molecule is COc1cccc(OC)c1C(=O)OCc1nc2sc3c(c2c(=O)[nH]1)CCCC3. The average Bonchev–Trinajstić information content (AvgIpc) is 3.10. The van der Waals surface area contributed by atoms with Gasteiger partial charge in [-0.1, -0.05) is 6.07 Å². The number of fused-ring (bicyclic) bond motifs is 3. The highest BCUT2D eigenvalue weighted by molar-refractivity contribution is 7.18. The number of aromatic nitrogens is 2. The molecule has 4 rings (SSSR count). The molecular weight excluding hydrogens is 380 g/mol. The number of H-pyrrole nitrogens is 1. The molecule has 0 aliphatic heterocycles. The summed E-state index contributed by atoms with van der Waals surface area (Å²) in [5.74, 6) is 0.417. The van der Waals surface area contributed by atoms with E-state index in [-0.39, 0.29) is 17.7 Å². The molecule has 0 unspecified atom stereocenters. The summed E-state index contributed by atoms with van der Waals surface area (Å²) in [5, 5.41) is 0.682. The molecule has 0 radical (unpaired) electrons. The van der Waals surface area contributed by atoms with Crippen molar-refractivity contribution in [2.45, 2.75) is 32.3 Å². The number of nitrogens with zero attached hydrogens (tertiary/aromatic N) is 1. The van der Waals surface area contributed by atoms with Crippen molar-refractivity contribution in [2.75, 3.05) is 14.2 Å². The molecule has 2 aromatic heterocycles. The van der Waals surface area contributed by atoms with Crippen LogP contribution in [0.5, 0.6) is 11.5 Å². The maximum Gasteiger partial charge on any atom is 0.346 e. The predicted octanol–water partition coefficient (Wildman–Crippen LogP) is 3.24. The highest BCUT2D eigenvalue weighted by Crippen LogP contribution is 2.33. The van der Waals surface area contributed by atoms with Gasteiger partial charge >= 0.3 is 5.97 Å². The fourth-order valence-electron chi connectivity index (χ4n) is 3.54. The van der Waals surface area contributed by atoms with Gasteiger partial charge in [-0.3, -0.25) is 4.79 Å². The van der Waals surface area contributed by atoms with Crippen LogP contribution in [0, 0.1) is 0 Å². The monoisotopic (exact) mass is 400 g/mol. The summed E-state index contributed by atoms with van der Waals surface area (Å²) in [7, 11) is 2.94. The topological polar surface area (TPSA) is 90.5 Å². The first-order valence-corrected chi connectivity index (χ1v) is 9.85. The summed E-state index contributed by atoms with van der Waals surface area (Å²) in [4.78, 5) is 34.4. The molecule has 1 aliphatic rings. The molecule has 0 saturated heterocycles. The molecule has 8 heteroatoms. The summed E-state index contributed by atoms with van der Waals surface area (Å²) in [5.41, 5.74) is 1.15. The zero-order valence-electron chi connectivity index (χ0n) is 15.7. The Labute approximate surface area is 165 Å².